The lowest BCUT2D eigenvalue weighted by atomic mass is 9.87. The minimum Gasteiger partial charge on any atom is -0.492 e. The molecule has 160 valence electrons. The van der Waals surface area contributed by atoms with Crippen LogP contribution in [0, 0.1) is 0 Å². The molecular formula is C26H28ClN3O. The standard InChI is InChI=1S/C26H27N3O.ClH/c1-5-30-22-13-15-25(27-17-22)29-18-28-23-16-20(10-14-24(23)29)7-6-19-8-11-21(12-9-19)26(2,3)4;/h6-18H,5H2,1-4H3;1H/b7-6-;. The second-order valence-electron chi connectivity index (χ2n) is 8.35. The molecule has 2 aromatic heterocycles. The van der Waals surface area contributed by atoms with E-state index in [9.17, 15) is 0 Å². The highest BCUT2D eigenvalue weighted by Gasteiger charge is 2.12. The van der Waals surface area contributed by atoms with Crippen molar-refractivity contribution in [3.63, 3.8) is 0 Å². The van der Waals surface area contributed by atoms with Crippen LogP contribution in [0.15, 0.2) is 67.1 Å². The molecule has 5 heteroatoms. The maximum atomic E-state index is 5.47. The van der Waals surface area contributed by atoms with Crippen LogP contribution in [-0.4, -0.2) is 21.1 Å². The van der Waals surface area contributed by atoms with Crippen LogP contribution in [0.5, 0.6) is 5.75 Å². The second-order valence-corrected chi connectivity index (χ2v) is 8.35. The highest BCUT2D eigenvalue weighted by atomic mass is 35.5. The minimum absolute atomic E-state index is 0. The van der Waals surface area contributed by atoms with Gasteiger partial charge in [-0.25, -0.2) is 9.97 Å². The van der Waals surface area contributed by atoms with Gasteiger partial charge in [0.1, 0.15) is 17.9 Å². The fraction of sp³-hybridized carbons (Fsp3) is 0.231. The molecule has 0 aliphatic heterocycles. The number of ether oxygens (including phenoxy) is 1. The van der Waals surface area contributed by atoms with Gasteiger partial charge in [0.25, 0.3) is 0 Å². The Hall–Kier alpha value is -3.11. The molecule has 0 fully saturated rings. The molecule has 0 bridgehead atoms. The Morgan fingerprint density at radius 2 is 1.61 bits per heavy atom. The van der Waals surface area contributed by atoms with Crippen molar-refractivity contribution in [1.82, 2.24) is 14.5 Å². The Labute approximate surface area is 190 Å². The van der Waals surface area contributed by atoms with Crippen LogP contribution in [0.3, 0.4) is 0 Å². The van der Waals surface area contributed by atoms with Crippen molar-refractivity contribution < 1.29 is 4.74 Å². The third-order valence-electron chi connectivity index (χ3n) is 5.09. The maximum absolute atomic E-state index is 5.47. The van der Waals surface area contributed by atoms with E-state index in [0.717, 1.165) is 28.2 Å². The molecule has 0 aliphatic carbocycles. The molecule has 0 aliphatic rings. The first-order valence-corrected chi connectivity index (χ1v) is 10.3. The maximum Gasteiger partial charge on any atom is 0.138 e. The van der Waals surface area contributed by atoms with Gasteiger partial charge in [0.15, 0.2) is 0 Å². The van der Waals surface area contributed by atoms with Crippen molar-refractivity contribution >= 4 is 35.6 Å². The van der Waals surface area contributed by atoms with Gasteiger partial charge >= 0.3 is 0 Å². The molecule has 0 saturated heterocycles. The summed E-state index contributed by atoms with van der Waals surface area (Å²) >= 11 is 0. The molecular weight excluding hydrogens is 406 g/mol. The van der Waals surface area contributed by atoms with Gasteiger partial charge in [-0.3, -0.25) is 4.57 Å². The zero-order valence-electron chi connectivity index (χ0n) is 18.4. The average Bonchev–Trinajstić information content (AvgIpc) is 3.16. The number of nitrogens with zero attached hydrogens (tertiary/aromatic N) is 3. The Balaban J connectivity index is 0.00000272. The van der Waals surface area contributed by atoms with E-state index >= 15 is 0 Å². The average molecular weight is 434 g/mol. The predicted molar refractivity (Wildman–Crippen MR) is 131 cm³/mol. The molecule has 4 aromatic rings. The molecule has 0 saturated carbocycles. The fourth-order valence-electron chi connectivity index (χ4n) is 3.37. The molecule has 2 aromatic carbocycles. The summed E-state index contributed by atoms with van der Waals surface area (Å²) in [5.41, 5.74) is 5.79. The smallest absolute Gasteiger partial charge is 0.138 e. The zero-order chi connectivity index (χ0) is 21.1. The molecule has 4 nitrogen and oxygen atoms in total. The SMILES string of the molecule is CCOc1ccc(-n2cnc3cc(/C=C\c4ccc(C(C)(C)C)cc4)ccc32)nc1.Cl. The fourth-order valence-corrected chi connectivity index (χ4v) is 3.37. The predicted octanol–water partition coefficient (Wildman–Crippen LogP) is 6.71. The molecule has 31 heavy (non-hydrogen) atoms. The van der Waals surface area contributed by atoms with Crippen molar-refractivity contribution in [3.8, 4) is 11.6 Å². The van der Waals surface area contributed by atoms with Crippen LogP contribution < -0.4 is 4.74 Å². The number of pyridine rings is 1. The van der Waals surface area contributed by atoms with Crippen LogP contribution in [0.2, 0.25) is 0 Å². The first-order chi connectivity index (χ1) is 14.4. The highest BCUT2D eigenvalue weighted by molar-refractivity contribution is 5.85. The van der Waals surface area contributed by atoms with Gasteiger partial charge in [-0.1, -0.05) is 63.3 Å². The summed E-state index contributed by atoms with van der Waals surface area (Å²) in [4.78, 5) is 9.06. The van der Waals surface area contributed by atoms with Gasteiger partial charge < -0.3 is 4.74 Å². The van der Waals surface area contributed by atoms with E-state index in [4.69, 9.17) is 4.74 Å². The van der Waals surface area contributed by atoms with Crippen LogP contribution in [0.25, 0.3) is 29.0 Å². The molecule has 0 atom stereocenters. The minimum atomic E-state index is 0. The molecule has 2 heterocycles. The van der Waals surface area contributed by atoms with E-state index in [2.05, 4.69) is 85.4 Å². The van der Waals surface area contributed by atoms with E-state index in [0.29, 0.717) is 6.61 Å². The number of imidazole rings is 1. The van der Waals surface area contributed by atoms with Crippen molar-refractivity contribution in [2.24, 2.45) is 0 Å². The van der Waals surface area contributed by atoms with Gasteiger partial charge in [0.2, 0.25) is 0 Å². The first-order valence-electron chi connectivity index (χ1n) is 10.3. The number of benzene rings is 2. The van der Waals surface area contributed by atoms with Gasteiger partial charge in [-0.15, -0.1) is 12.4 Å². The Kier molecular flexibility index (Phi) is 6.81. The van der Waals surface area contributed by atoms with Gasteiger partial charge in [0, 0.05) is 0 Å². The Bertz CT molecular complexity index is 1170. The van der Waals surface area contributed by atoms with E-state index in [1.54, 1.807) is 6.20 Å². The van der Waals surface area contributed by atoms with Gasteiger partial charge in [0.05, 0.1) is 23.8 Å². The quantitative estimate of drug-likeness (QED) is 0.328. The summed E-state index contributed by atoms with van der Waals surface area (Å²) in [6.45, 7) is 9.29. The van der Waals surface area contributed by atoms with Crippen LogP contribution >= 0.6 is 12.4 Å². The number of fused-ring (bicyclic) bond motifs is 1. The second kappa shape index (κ2) is 9.36. The van der Waals surface area contributed by atoms with Crippen molar-refractivity contribution in [2.75, 3.05) is 6.61 Å². The van der Waals surface area contributed by atoms with Gasteiger partial charge in [-0.05, 0) is 53.3 Å². The number of aromatic nitrogens is 3. The van der Waals surface area contributed by atoms with E-state index in [1.165, 1.54) is 11.1 Å². The van der Waals surface area contributed by atoms with Crippen LogP contribution in [0.4, 0.5) is 0 Å². The van der Waals surface area contributed by atoms with Crippen molar-refractivity contribution in [3.05, 3.63) is 83.8 Å². The number of halogens is 1. The molecule has 0 radical (unpaired) electrons. The molecule has 0 spiro atoms. The summed E-state index contributed by atoms with van der Waals surface area (Å²) in [6.07, 6.45) is 7.82. The molecule has 0 N–H and O–H groups in total. The zero-order valence-corrected chi connectivity index (χ0v) is 19.2. The first kappa shape index (κ1) is 22.6. The number of rotatable bonds is 5. The van der Waals surface area contributed by atoms with Gasteiger partial charge in [-0.2, -0.15) is 0 Å². The summed E-state index contributed by atoms with van der Waals surface area (Å²) in [6, 6.07) is 18.9. The van der Waals surface area contributed by atoms with Crippen molar-refractivity contribution in [2.45, 2.75) is 33.1 Å². The topological polar surface area (TPSA) is 39.9 Å². The lowest BCUT2D eigenvalue weighted by Gasteiger charge is -2.18. The number of hydrogen-bond donors (Lipinski definition) is 0. The largest absolute Gasteiger partial charge is 0.492 e. The molecule has 4 rings (SSSR count). The summed E-state index contributed by atoms with van der Waals surface area (Å²) in [7, 11) is 0. The lowest BCUT2D eigenvalue weighted by Crippen LogP contribution is -2.10. The molecule has 0 amide bonds. The molecule has 0 unspecified atom stereocenters. The monoisotopic (exact) mass is 433 g/mol. The third kappa shape index (κ3) is 5.15. The third-order valence-corrected chi connectivity index (χ3v) is 5.09. The highest BCUT2D eigenvalue weighted by Crippen LogP contribution is 2.24. The summed E-state index contributed by atoms with van der Waals surface area (Å²) < 4.78 is 7.46. The lowest BCUT2D eigenvalue weighted by molar-refractivity contribution is 0.339. The van der Waals surface area contributed by atoms with Crippen LogP contribution in [0.1, 0.15) is 44.4 Å². The number of hydrogen-bond acceptors (Lipinski definition) is 3. The van der Waals surface area contributed by atoms with Crippen LogP contribution in [-0.2, 0) is 5.41 Å². The Morgan fingerprint density at radius 3 is 2.26 bits per heavy atom. The van der Waals surface area contributed by atoms with E-state index in [-0.39, 0.29) is 17.8 Å². The Morgan fingerprint density at radius 1 is 0.903 bits per heavy atom. The van der Waals surface area contributed by atoms with E-state index < -0.39 is 0 Å². The summed E-state index contributed by atoms with van der Waals surface area (Å²) in [5, 5.41) is 0. The summed E-state index contributed by atoms with van der Waals surface area (Å²) in [5.74, 6) is 1.59. The van der Waals surface area contributed by atoms with Crippen molar-refractivity contribution in [1.29, 1.82) is 0 Å². The normalized spacial score (nSPS) is 11.6. The van der Waals surface area contributed by atoms with E-state index in [1.807, 2.05) is 30.0 Å².